The van der Waals surface area contributed by atoms with Crippen LogP contribution in [-0.4, -0.2) is 12.6 Å². The number of nitrogens with one attached hydrogen (secondary N) is 1. The molecule has 1 N–H and O–H groups in total. The predicted octanol–water partition coefficient (Wildman–Crippen LogP) is 3.72. The van der Waals surface area contributed by atoms with Gasteiger partial charge in [-0.3, -0.25) is 0 Å². The summed E-state index contributed by atoms with van der Waals surface area (Å²) in [7, 11) is 0. The summed E-state index contributed by atoms with van der Waals surface area (Å²) in [5.41, 5.74) is 1.79. The Morgan fingerprint density at radius 1 is 1.47 bits per heavy atom. The van der Waals surface area contributed by atoms with Crippen molar-refractivity contribution in [1.82, 2.24) is 5.32 Å². The molecule has 0 saturated carbocycles. The van der Waals surface area contributed by atoms with Gasteiger partial charge in [0.15, 0.2) is 0 Å². The van der Waals surface area contributed by atoms with Crippen molar-refractivity contribution >= 4 is 11.3 Å². The van der Waals surface area contributed by atoms with Crippen molar-refractivity contribution in [2.75, 3.05) is 6.54 Å². The van der Waals surface area contributed by atoms with E-state index in [1.165, 1.54) is 16.9 Å². The smallest absolute Gasteiger partial charge is 0.00516 e. The minimum absolute atomic E-state index is 0.283. The number of aryl methyl sites for hydroxylation is 1. The Hall–Kier alpha value is -0.340. The van der Waals surface area contributed by atoms with Crippen LogP contribution in [-0.2, 0) is 5.41 Å². The van der Waals surface area contributed by atoms with Crippen LogP contribution >= 0.6 is 11.3 Å². The molecule has 1 heterocycles. The van der Waals surface area contributed by atoms with Crippen molar-refractivity contribution in [2.24, 2.45) is 0 Å². The fourth-order valence-electron chi connectivity index (χ4n) is 2.38. The van der Waals surface area contributed by atoms with Crippen molar-refractivity contribution < 1.29 is 0 Å². The van der Waals surface area contributed by atoms with Gasteiger partial charge in [0.1, 0.15) is 0 Å². The quantitative estimate of drug-likeness (QED) is 0.805. The Kier molecular flexibility index (Phi) is 4.35. The lowest BCUT2D eigenvalue weighted by Crippen LogP contribution is -2.33. The number of thiophene rings is 1. The second-order valence-corrected chi connectivity index (χ2v) is 6.06. The van der Waals surface area contributed by atoms with Gasteiger partial charge in [-0.15, -0.1) is 11.3 Å². The molecule has 1 aromatic rings. The van der Waals surface area contributed by atoms with E-state index in [4.69, 9.17) is 0 Å². The molecule has 0 aliphatic carbocycles. The van der Waals surface area contributed by atoms with Crippen LogP contribution < -0.4 is 5.32 Å². The first kappa shape index (κ1) is 12.7. The summed E-state index contributed by atoms with van der Waals surface area (Å²) in [6, 6.07) is 2.86. The van der Waals surface area contributed by atoms with E-state index in [2.05, 4.69) is 51.4 Å². The molecule has 0 amide bonds. The Morgan fingerprint density at radius 2 is 2.13 bits per heavy atom. The fourth-order valence-corrected chi connectivity index (χ4v) is 3.26. The summed E-state index contributed by atoms with van der Waals surface area (Å²) < 4.78 is 0. The maximum absolute atomic E-state index is 3.49. The third-order valence-corrected chi connectivity index (χ3v) is 3.80. The van der Waals surface area contributed by atoms with Crippen LogP contribution in [0.3, 0.4) is 0 Å². The summed E-state index contributed by atoms with van der Waals surface area (Å²) in [5.74, 6) is 0. The van der Waals surface area contributed by atoms with Crippen LogP contribution in [0.25, 0.3) is 0 Å². The van der Waals surface area contributed by atoms with E-state index in [0.717, 1.165) is 6.54 Å². The van der Waals surface area contributed by atoms with Crippen LogP contribution in [0.2, 0.25) is 0 Å². The van der Waals surface area contributed by atoms with Gasteiger partial charge in [0.2, 0.25) is 0 Å². The Balaban J connectivity index is 2.71. The topological polar surface area (TPSA) is 12.0 Å². The second kappa shape index (κ2) is 5.13. The van der Waals surface area contributed by atoms with Gasteiger partial charge in [-0.25, -0.2) is 0 Å². The summed E-state index contributed by atoms with van der Waals surface area (Å²) in [6.45, 7) is 12.4. The average Bonchev–Trinajstić information content (AvgIpc) is 2.51. The summed E-state index contributed by atoms with van der Waals surface area (Å²) >= 11 is 1.85. The molecule has 0 spiro atoms. The minimum Gasteiger partial charge on any atom is -0.315 e. The Bertz CT molecular complexity index is 301. The molecule has 0 fully saturated rings. The first-order chi connectivity index (χ1) is 6.97. The van der Waals surface area contributed by atoms with Gasteiger partial charge in [0.05, 0.1) is 0 Å². The Morgan fingerprint density at radius 3 is 2.60 bits per heavy atom. The molecule has 0 radical (unpaired) electrons. The molecule has 1 aromatic heterocycles. The van der Waals surface area contributed by atoms with Gasteiger partial charge in [0, 0.05) is 10.9 Å². The molecule has 1 unspecified atom stereocenters. The monoisotopic (exact) mass is 225 g/mol. The molecule has 1 rings (SSSR count). The first-order valence-corrected chi connectivity index (χ1v) is 6.63. The second-order valence-electron chi connectivity index (χ2n) is 4.94. The van der Waals surface area contributed by atoms with Crippen LogP contribution in [0.15, 0.2) is 11.4 Å². The highest BCUT2D eigenvalue weighted by molar-refractivity contribution is 7.10. The summed E-state index contributed by atoms with van der Waals surface area (Å²) in [5, 5.41) is 5.69. The minimum atomic E-state index is 0.283. The maximum atomic E-state index is 3.49. The molecule has 2 heteroatoms. The van der Waals surface area contributed by atoms with Crippen molar-refractivity contribution in [1.29, 1.82) is 0 Å². The highest BCUT2D eigenvalue weighted by Crippen LogP contribution is 2.33. The molecule has 1 nitrogen and oxygen atoms in total. The van der Waals surface area contributed by atoms with E-state index in [-0.39, 0.29) is 5.41 Å². The number of hydrogen-bond acceptors (Lipinski definition) is 2. The highest BCUT2D eigenvalue weighted by atomic mass is 32.1. The Labute approximate surface area is 97.9 Å². The summed E-state index contributed by atoms with van der Waals surface area (Å²) in [6.07, 6.45) is 1.19. The van der Waals surface area contributed by atoms with Gasteiger partial charge < -0.3 is 5.32 Å². The van der Waals surface area contributed by atoms with Crippen molar-refractivity contribution in [3.05, 3.63) is 21.9 Å². The van der Waals surface area contributed by atoms with E-state index in [1.807, 2.05) is 11.3 Å². The van der Waals surface area contributed by atoms with E-state index in [0.29, 0.717) is 6.04 Å². The van der Waals surface area contributed by atoms with E-state index < -0.39 is 0 Å². The molecule has 0 aromatic carbocycles. The largest absolute Gasteiger partial charge is 0.315 e. The lowest BCUT2D eigenvalue weighted by atomic mass is 9.79. The molecule has 0 bridgehead atoms. The molecule has 0 aliphatic heterocycles. The number of rotatable bonds is 5. The van der Waals surface area contributed by atoms with Crippen LogP contribution in [0, 0.1) is 6.92 Å². The average molecular weight is 225 g/mol. The van der Waals surface area contributed by atoms with Gasteiger partial charge in [-0.05, 0) is 49.2 Å². The van der Waals surface area contributed by atoms with Crippen molar-refractivity contribution in [3.8, 4) is 0 Å². The van der Waals surface area contributed by atoms with Crippen LogP contribution in [0.1, 0.15) is 44.6 Å². The first-order valence-electron chi connectivity index (χ1n) is 5.75. The summed E-state index contributed by atoms with van der Waals surface area (Å²) in [4.78, 5) is 1.46. The lowest BCUT2D eigenvalue weighted by Gasteiger charge is -2.29. The molecule has 1 atom stereocenters. The van der Waals surface area contributed by atoms with Gasteiger partial charge in [0.25, 0.3) is 0 Å². The van der Waals surface area contributed by atoms with E-state index in [1.54, 1.807) is 0 Å². The molecule has 0 aliphatic rings. The molecule has 86 valence electrons. The van der Waals surface area contributed by atoms with Gasteiger partial charge in [-0.2, -0.15) is 0 Å². The van der Waals surface area contributed by atoms with Crippen LogP contribution in [0.5, 0.6) is 0 Å². The third kappa shape index (κ3) is 3.32. The maximum Gasteiger partial charge on any atom is 0.00516 e. The standard InChI is InChI=1S/C13H23NS/c1-6-14-10(2)9-13(4,5)12-7-8-15-11(12)3/h7-8,10,14H,6,9H2,1-5H3. The molecular formula is C13H23NS. The SMILES string of the molecule is CCNC(C)CC(C)(C)c1ccsc1C. The van der Waals surface area contributed by atoms with Gasteiger partial charge in [-0.1, -0.05) is 20.8 Å². The fraction of sp³-hybridized carbons (Fsp3) is 0.692. The zero-order valence-corrected chi connectivity index (χ0v) is 11.4. The predicted molar refractivity (Wildman–Crippen MR) is 69.8 cm³/mol. The highest BCUT2D eigenvalue weighted by Gasteiger charge is 2.25. The van der Waals surface area contributed by atoms with Gasteiger partial charge >= 0.3 is 0 Å². The number of hydrogen-bond donors (Lipinski definition) is 1. The zero-order chi connectivity index (χ0) is 11.5. The van der Waals surface area contributed by atoms with E-state index in [9.17, 15) is 0 Å². The van der Waals surface area contributed by atoms with Crippen molar-refractivity contribution in [3.63, 3.8) is 0 Å². The molecular weight excluding hydrogens is 202 g/mol. The third-order valence-electron chi connectivity index (χ3n) is 2.96. The zero-order valence-electron chi connectivity index (χ0n) is 10.6. The molecule has 15 heavy (non-hydrogen) atoms. The van der Waals surface area contributed by atoms with Crippen molar-refractivity contribution in [2.45, 2.75) is 52.5 Å². The lowest BCUT2D eigenvalue weighted by molar-refractivity contribution is 0.394. The molecule has 0 saturated heterocycles. The van der Waals surface area contributed by atoms with Crippen LogP contribution in [0.4, 0.5) is 0 Å². The van der Waals surface area contributed by atoms with E-state index >= 15 is 0 Å². The normalized spacial score (nSPS) is 14.2.